The van der Waals surface area contributed by atoms with Crippen molar-refractivity contribution in [1.29, 1.82) is 0 Å². The maximum absolute atomic E-state index is 12.1. The van der Waals surface area contributed by atoms with Crippen LogP contribution in [0.2, 0.25) is 0 Å². The van der Waals surface area contributed by atoms with Crippen LogP contribution in [0.25, 0.3) is 0 Å². The van der Waals surface area contributed by atoms with E-state index in [1.165, 1.54) is 0 Å². The van der Waals surface area contributed by atoms with Crippen LogP contribution in [0.4, 0.5) is 5.69 Å². The van der Waals surface area contributed by atoms with E-state index in [1.807, 2.05) is 31.2 Å². The summed E-state index contributed by atoms with van der Waals surface area (Å²) in [4.78, 5) is 14.3. The number of aliphatic hydroxyl groups is 1. The number of hydrogen-bond acceptors (Lipinski definition) is 4. The van der Waals surface area contributed by atoms with Gasteiger partial charge >= 0.3 is 0 Å². The van der Waals surface area contributed by atoms with Crippen LogP contribution in [-0.4, -0.2) is 48.1 Å². The van der Waals surface area contributed by atoms with Crippen molar-refractivity contribution in [2.45, 2.75) is 19.6 Å². The summed E-state index contributed by atoms with van der Waals surface area (Å²) in [7, 11) is 0. The van der Waals surface area contributed by atoms with Gasteiger partial charge in [-0.15, -0.1) is 0 Å². The van der Waals surface area contributed by atoms with Crippen LogP contribution < -0.4 is 10.6 Å². The maximum Gasteiger partial charge on any atom is 0.241 e. The van der Waals surface area contributed by atoms with E-state index in [4.69, 9.17) is 5.11 Å². The second-order valence-electron chi connectivity index (χ2n) is 4.81. The van der Waals surface area contributed by atoms with Crippen LogP contribution >= 0.6 is 0 Å². The van der Waals surface area contributed by atoms with Gasteiger partial charge < -0.3 is 15.7 Å². The van der Waals surface area contributed by atoms with Crippen molar-refractivity contribution in [2.75, 3.05) is 31.5 Å². The van der Waals surface area contributed by atoms with Crippen LogP contribution in [0.3, 0.4) is 0 Å². The van der Waals surface area contributed by atoms with Gasteiger partial charge in [-0.1, -0.05) is 12.1 Å². The van der Waals surface area contributed by atoms with E-state index in [9.17, 15) is 4.79 Å². The lowest BCUT2D eigenvalue weighted by Gasteiger charge is -2.31. The highest BCUT2D eigenvalue weighted by atomic mass is 16.3. The second kappa shape index (κ2) is 6.65. The molecule has 19 heavy (non-hydrogen) atoms. The van der Waals surface area contributed by atoms with Crippen LogP contribution in [0.15, 0.2) is 24.3 Å². The molecule has 0 aromatic heterocycles. The quantitative estimate of drug-likeness (QED) is 0.736. The average molecular weight is 263 g/mol. The molecule has 0 aliphatic carbocycles. The lowest BCUT2D eigenvalue weighted by Crippen LogP contribution is -2.51. The third-order valence-corrected chi connectivity index (χ3v) is 3.48. The van der Waals surface area contributed by atoms with Crippen molar-refractivity contribution >= 4 is 11.6 Å². The Morgan fingerprint density at radius 3 is 2.58 bits per heavy atom. The van der Waals surface area contributed by atoms with E-state index in [2.05, 4.69) is 15.5 Å². The number of hydrogen-bond donors (Lipinski definition) is 3. The van der Waals surface area contributed by atoms with E-state index in [0.717, 1.165) is 37.4 Å². The molecule has 1 aromatic carbocycles. The number of carbonyl (C=O) groups excluding carboxylic acids is 1. The summed E-state index contributed by atoms with van der Waals surface area (Å²) in [6.07, 6.45) is 0. The van der Waals surface area contributed by atoms with Crippen LogP contribution in [-0.2, 0) is 11.4 Å². The van der Waals surface area contributed by atoms with Crippen molar-refractivity contribution in [2.24, 2.45) is 0 Å². The molecule has 3 N–H and O–H groups in total. The average Bonchev–Trinajstić information content (AvgIpc) is 2.48. The number of nitrogens with one attached hydrogen (secondary N) is 2. The fourth-order valence-corrected chi connectivity index (χ4v) is 2.18. The normalized spacial score (nSPS) is 18.0. The van der Waals surface area contributed by atoms with Crippen LogP contribution in [0, 0.1) is 0 Å². The number of benzene rings is 1. The monoisotopic (exact) mass is 263 g/mol. The summed E-state index contributed by atoms with van der Waals surface area (Å²) in [6.45, 7) is 5.62. The number of rotatable bonds is 4. The van der Waals surface area contributed by atoms with Crippen LogP contribution in [0.1, 0.15) is 12.5 Å². The minimum atomic E-state index is -0.125. The number of anilines is 1. The molecule has 2 rings (SSSR count). The van der Waals surface area contributed by atoms with Gasteiger partial charge in [0.2, 0.25) is 5.91 Å². The summed E-state index contributed by atoms with van der Waals surface area (Å²) in [6, 6.07) is 7.12. The Morgan fingerprint density at radius 1 is 1.37 bits per heavy atom. The molecule has 1 atom stereocenters. The highest BCUT2D eigenvalue weighted by Gasteiger charge is 2.22. The van der Waals surface area contributed by atoms with E-state index in [0.29, 0.717) is 0 Å². The molecular weight excluding hydrogens is 242 g/mol. The maximum atomic E-state index is 12.1. The zero-order chi connectivity index (χ0) is 13.7. The summed E-state index contributed by atoms with van der Waals surface area (Å²) in [5, 5.41) is 15.2. The van der Waals surface area contributed by atoms with Gasteiger partial charge in [-0.3, -0.25) is 9.69 Å². The minimum absolute atomic E-state index is 0.0126. The van der Waals surface area contributed by atoms with E-state index in [1.54, 1.807) is 0 Å². The summed E-state index contributed by atoms with van der Waals surface area (Å²) < 4.78 is 0. The predicted octanol–water partition coefficient (Wildman–Crippen LogP) is 0.411. The van der Waals surface area contributed by atoms with Crippen LogP contribution in [0.5, 0.6) is 0 Å². The minimum Gasteiger partial charge on any atom is -0.392 e. The number of nitrogens with zero attached hydrogens (tertiary/aromatic N) is 1. The number of carbonyl (C=O) groups is 1. The largest absolute Gasteiger partial charge is 0.392 e. The van der Waals surface area contributed by atoms with Gasteiger partial charge in [-0.2, -0.15) is 0 Å². The summed E-state index contributed by atoms with van der Waals surface area (Å²) >= 11 is 0. The molecule has 1 saturated heterocycles. The molecule has 1 unspecified atom stereocenters. The highest BCUT2D eigenvalue weighted by Crippen LogP contribution is 2.11. The zero-order valence-electron chi connectivity index (χ0n) is 11.2. The van der Waals surface area contributed by atoms with Gasteiger partial charge in [0.1, 0.15) is 0 Å². The first kappa shape index (κ1) is 14.0. The Labute approximate surface area is 113 Å². The summed E-state index contributed by atoms with van der Waals surface area (Å²) in [5.74, 6) is 0.0126. The number of piperazine rings is 1. The number of amides is 1. The number of aliphatic hydroxyl groups excluding tert-OH is 1. The van der Waals surface area contributed by atoms with Gasteiger partial charge in [-0.25, -0.2) is 0 Å². The molecule has 0 saturated carbocycles. The topological polar surface area (TPSA) is 64.6 Å². The van der Waals surface area contributed by atoms with Crippen molar-refractivity contribution in [1.82, 2.24) is 10.2 Å². The van der Waals surface area contributed by atoms with E-state index < -0.39 is 0 Å². The molecule has 104 valence electrons. The second-order valence-corrected chi connectivity index (χ2v) is 4.81. The highest BCUT2D eigenvalue weighted by molar-refractivity contribution is 5.94. The third-order valence-electron chi connectivity index (χ3n) is 3.48. The Bertz CT molecular complexity index is 413. The molecule has 1 amide bonds. The molecule has 5 nitrogen and oxygen atoms in total. The van der Waals surface area contributed by atoms with Crippen molar-refractivity contribution in [3.8, 4) is 0 Å². The Hall–Kier alpha value is -1.43. The molecule has 1 heterocycles. The van der Waals surface area contributed by atoms with Crippen molar-refractivity contribution in [3.63, 3.8) is 0 Å². The van der Waals surface area contributed by atoms with Gasteiger partial charge in [0, 0.05) is 31.9 Å². The molecule has 0 bridgehead atoms. The van der Waals surface area contributed by atoms with Gasteiger partial charge in [0.15, 0.2) is 0 Å². The van der Waals surface area contributed by atoms with Crippen molar-refractivity contribution in [3.05, 3.63) is 29.8 Å². The third kappa shape index (κ3) is 3.76. The Balaban J connectivity index is 1.91. The molecule has 1 aromatic rings. The fourth-order valence-electron chi connectivity index (χ4n) is 2.18. The Morgan fingerprint density at radius 2 is 2.00 bits per heavy atom. The first-order chi connectivity index (χ1) is 9.20. The lowest BCUT2D eigenvalue weighted by atomic mass is 10.2. The predicted molar refractivity (Wildman–Crippen MR) is 74.9 cm³/mol. The van der Waals surface area contributed by atoms with Crippen molar-refractivity contribution < 1.29 is 9.90 Å². The molecule has 0 radical (unpaired) electrons. The molecular formula is C14H21N3O2. The SMILES string of the molecule is CC(C(=O)Nc1ccc(CO)cc1)N1CCNCC1. The zero-order valence-corrected chi connectivity index (χ0v) is 11.2. The first-order valence-corrected chi connectivity index (χ1v) is 6.66. The smallest absolute Gasteiger partial charge is 0.241 e. The van der Waals surface area contributed by atoms with Gasteiger partial charge in [0.25, 0.3) is 0 Å². The van der Waals surface area contributed by atoms with E-state index >= 15 is 0 Å². The molecule has 0 spiro atoms. The van der Waals surface area contributed by atoms with E-state index in [-0.39, 0.29) is 18.6 Å². The Kier molecular flexibility index (Phi) is 4.90. The van der Waals surface area contributed by atoms with Gasteiger partial charge in [0.05, 0.1) is 12.6 Å². The molecule has 1 aliphatic heterocycles. The standard InChI is InChI=1S/C14H21N3O2/c1-11(17-8-6-15-7-9-17)14(19)16-13-4-2-12(10-18)3-5-13/h2-5,11,15,18H,6-10H2,1H3,(H,16,19). The molecule has 5 heteroatoms. The fraction of sp³-hybridized carbons (Fsp3) is 0.500. The lowest BCUT2D eigenvalue weighted by molar-refractivity contribution is -0.120. The first-order valence-electron chi connectivity index (χ1n) is 6.66. The molecule has 1 fully saturated rings. The molecule has 1 aliphatic rings. The van der Waals surface area contributed by atoms with Gasteiger partial charge in [-0.05, 0) is 24.6 Å². The summed E-state index contributed by atoms with van der Waals surface area (Å²) in [5.41, 5.74) is 1.61.